The third-order valence-electron chi connectivity index (χ3n) is 5.06. The topological polar surface area (TPSA) is 81.9 Å². The van der Waals surface area contributed by atoms with Crippen molar-refractivity contribution in [2.75, 3.05) is 33.4 Å². The van der Waals surface area contributed by atoms with E-state index < -0.39 is 11.5 Å². The van der Waals surface area contributed by atoms with Crippen molar-refractivity contribution < 1.29 is 19.1 Å². The number of nitrogens with two attached hydrogens (primary N) is 1. The number of aryl methyl sites for hydroxylation is 1. The Morgan fingerprint density at radius 1 is 1.18 bits per heavy atom. The molecule has 28 heavy (non-hydrogen) atoms. The summed E-state index contributed by atoms with van der Waals surface area (Å²) in [5.41, 5.74) is 8.76. The number of hydrogen-bond donors (Lipinski definition) is 1. The fourth-order valence-electron chi connectivity index (χ4n) is 3.49. The highest BCUT2D eigenvalue weighted by Gasteiger charge is 2.43. The highest BCUT2D eigenvalue weighted by molar-refractivity contribution is 5.86. The van der Waals surface area contributed by atoms with Gasteiger partial charge in [-0.15, -0.1) is 0 Å². The minimum atomic E-state index is -1.24. The minimum Gasteiger partial charge on any atom is -0.375 e. The van der Waals surface area contributed by atoms with Crippen LogP contribution in [-0.2, 0) is 25.5 Å². The molecular weight excluding hydrogens is 356 g/mol. The van der Waals surface area contributed by atoms with E-state index in [9.17, 15) is 9.59 Å². The Hall–Kier alpha value is -2.70. The third-order valence-corrected chi connectivity index (χ3v) is 5.06. The molecule has 6 nitrogen and oxygen atoms in total. The Morgan fingerprint density at radius 2 is 1.93 bits per heavy atom. The van der Waals surface area contributed by atoms with Crippen molar-refractivity contribution >= 4 is 11.8 Å². The van der Waals surface area contributed by atoms with Gasteiger partial charge in [0, 0.05) is 20.1 Å². The molecule has 0 aromatic heterocycles. The standard InChI is InChI=1S/C22H26N2O4/c1-16-6-8-18(9-7-16)19-5-3-4-17(12-19)13-22(21(23)26)15-24(10-11-28-22)20(25)14-27-2/h3-9,12H,10-11,13-15H2,1-2H3,(H2,23,26). The van der Waals surface area contributed by atoms with Crippen LogP contribution in [0.25, 0.3) is 11.1 Å². The van der Waals surface area contributed by atoms with Crippen LogP contribution in [0.15, 0.2) is 48.5 Å². The van der Waals surface area contributed by atoms with E-state index >= 15 is 0 Å². The summed E-state index contributed by atoms with van der Waals surface area (Å²) in [5.74, 6) is -0.743. The molecule has 1 heterocycles. The molecule has 0 saturated carbocycles. The van der Waals surface area contributed by atoms with Gasteiger partial charge in [0.05, 0.1) is 13.2 Å². The molecule has 2 aromatic rings. The lowest BCUT2D eigenvalue weighted by Gasteiger charge is -2.40. The molecule has 1 unspecified atom stereocenters. The van der Waals surface area contributed by atoms with E-state index in [0.717, 1.165) is 16.7 Å². The number of primary amides is 1. The third kappa shape index (κ3) is 4.40. The van der Waals surface area contributed by atoms with Crippen molar-refractivity contribution in [1.82, 2.24) is 4.90 Å². The molecule has 0 bridgehead atoms. The van der Waals surface area contributed by atoms with Gasteiger partial charge in [0.2, 0.25) is 5.91 Å². The maximum Gasteiger partial charge on any atom is 0.251 e. The van der Waals surface area contributed by atoms with E-state index in [4.69, 9.17) is 15.2 Å². The van der Waals surface area contributed by atoms with Gasteiger partial charge in [-0.25, -0.2) is 0 Å². The van der Waals surface area contributed by atoms with E-state index in [1.54, 1.807) is 4.90 Å². The van der Waals surface area contributed by atoms with Crippen molar-refractivity contribution in [2.24, 2.45) is 5.73 Å². The summed E-state index contributed by atoms with van der Waals surface area (Å²) in [6, 6.07) is 16.2. The second-order valence-corrected chi connectivity index (χ2v) is 7.20. The predicted molar refractivity (Wildman–Crippen MR) is 107 cm³/mol. The van der Waals surface area contributed by atoms with Crippen molar-refractivity contribution in [3.05, 3.63) is 59.7 Å². The van der Waals surface area contributed by atoms with Crippen LogP contribution < -0.4 is 5.73 Å². The molecule has 0 radical (unpaired) electrons. The summed E-state index contributed by atoms with van der Waals surface area (Å²) >= 11 is 0. The number of nitrogens with zero attached hydrogens (tertiary/aromatic N) is 1. The first-order valence-electron chi connectivity index (χ1n) is 9.30. The molecule has 1 aliphatic heterocycles. The molecule has 3 rings (SSSR count). The maximum absolute atomic E-state index is 12.3. The summed E-state index contributed by atoms with van der Waals surface area (Å²) in [4.78, 5) is 26.1. The monoisotopic (exact) mass is 382 g/mol. The van der Waals surface area contributed by atoms with Crippen molar-refractivity contribution in [1.29, 1.82) is 0 Å². The summed E-state index contributed by atoms with van der Waals surface area (Å²) in [6.07, 6.45) is 0.304. The number of carbonyl (C=O) groups excluding carboxylic acids is 2. The lowest BCUT2D eigenvalue weighted by Crippen LogP contribution is -2.61. The number of methoxy groups -OCH3 is 1. The number of rotatable bonds is 6. The molecule has 148 valence electrons. The first-order chi connectivity index (χ1) is 13.4. The van der Waals surface area contributed by atoms with E-state index in [0.29, 0.717) is 13.0 Å². The van der Waals surface area contributed by atoms with Crippen LogP contribution in [0.3, 0.4) is 0 Å². The van der Waals surface area contributed by atoms with Gasteiger partial charge in [-0.05, 0) is 23.6 Å². The second-order valence-electron chi connectivity index (χ2n) is 7.20. The molecule has 2 amide bonds. The zero-order valence-electron chi connectivity index (χ0n) is 16.3. The average Bonchev–Trinajstić information content (AvgIpc) is 2.69. The molecule has 1 aliphatic rings. The number of hydrogen-bond acceptors (Lipinski definition) is 4. The molecule has 1 saturated heterocycles. The molecule has 2 aromatic carbocycles. The fraction of sp³-hybridized carbons (Fsp3) is 0.364. The van der Waals surface area contributed by atoms with Gasteiger partial charge in [0.15, 0.2) is 5.60 Å². The van der Waals surface area contributed by atoms with Crippen LogP contribution in [0.1, 0.15) is 11.1 Å². The second kappa shape index (κ2) is 8.54. The Morgan fingerprint density at radius 3 is 2.61 bits per heavy atom. The van der Waals surface area contributed by atoms with Crippen LogP contribution in [-0.4, -0.2) is 55.7 Å². The van der Waals surface area contributed by atoms with Gasteiger partial charge < -0.3 is 20.1 Å². The summed E-state index contributed by atoms with van der Waals surface area (Å²) in [6.45, 7) is 2.82. The predicted octanol–water partition coefficient (Wildman–Crippen LogP) is 1.93. The normalized spacial score (nSPS) is 19.4. The first-order valence-corrected chi connectivity index (χ1v) is 9.30. The fourth-order valence-corrected chi connectivity index (χ4v) is 3.49. The van der Waals surface area contributed by atoms with Crippen molar-refractivity contribution in [3.8, 4) is 11.1 Å². The van der Waals surface area contributed by atoms with Gasteiger partial charge in [-0.2, -0.15) is 0 Å². The molecule has 0 aliphatic carbocycles. The largest absolute Gasteiger partial charge is 0.375 e. The molecular formula is C22H26N2O4. The summed E-state index contributed by atoms with van der Waals surface area (Å²) in [5, 5.41) is 0. The highest BCUT2D eigenvalue weighted by atomic mass is 16.5. The summed E-state index contributed by atoms with van der Waals surface area (Å²) < 4.78 is 10.8. The van der Waals surface area contributed by atoms with Crippen LogP contribution in [0.5, 0.6) is 0 Å². The van der Waals surface area contributed by atoms with Crippen LogP contribution in [0.4, 0.5) is 0 Å². The molecule has 6 heteroatoms. The minimum absolute atomic E-state index is 0.0300. The summed E-state index contributed by atoms with van der Waals surface area (Å²) in [7, 11) is 1.47. The van der Waals surface area contributed by atoms with Gasteiger partial charge >= 0.3 is 0 Å². The van der Waals surface area contributed by atoms with Gasteiger partial charge in [0.25, 0.3) is 5.91 Å². The van der Waals surface area contributed by atoms with Crippen LogP contribution >= 0.6 is 0 Å². The van der Waals surface area contributed by atoms with Gasteiger partial charge in [-0.3, -0.25) is 9.59 Å². The Labute approximate surface area is 165 Å². The highest BCUT2D eigenvalue weighted by Crippen LogP contribution is 2.27. The SMILES string of the molecule is COCC(=O)N1CCOC(Cc2cccc(-c3ccc(C)cc3)c2)(C(N)=O)C1. The van der Waals surface area contributed by atoms with Gasteiger partial charge in [-0.1, -0.05) is 54.1 Å². The zero-order chi connectivity index (χ0) is 20.1. The number of carbonyl (C=O) groups is 2. The van der Waals surface area contributed by atoms with E-state index in [-0.39, 0.29) is 25.7 Å². The maximum atomic E-state index is 12.3. The molecule has 2 N–H and O–H groups in total. The molecule has 1 atom stereocenters. The Balaban J connectivity index is 1.84. The quantitative estimate of drug-likeness (QED) is 0.828. The lowest BCUT2D eigenvalue weighted by molar-refractivity contribution is -0.165. The van der Waals surface area contributed by atoms with Crippen LogP contribution in [0.2, 0.25) is 0 Å². The van der Waals surface area contributed by atoms with Crippen LogP contribution in [0, 0.1) is 6.92 Å². The van der Waals surface area contributed by atoms with Crippen molar-refractivity contribution in [3.63, 3.8) is 0 Å². The molecule has 1 fully saturated rings. The Kier molecular flexibility index (Phi) is 6.11. The zero-order valence-corrected chi connectivity index (χ0v) is 16.3. The van der Waals surface area contributed by atoms with Gasteiger partial charge in [0.1, 0.15) is 6.61 Å². The number of amides is 2. The molecule has 0 spiro atoms. The van der Waals surface area contributed by atoms with Crippen molar-refractivity contribution in [2.45, 2.75) is 18.9 Å². The number of ether oxygens (including phenoxy) is 2. The van der Waals surface area contributed by atoms with E-state index in [2.05, 4.69) is 24.3 Å². The number of benzene rings is 2. The smallest absolute Gasteiger partial charge is 0.251 e. The van der Waals surface area contributed by atoms with E-state index in [1.807, 2.05) is 31.2 Å². The lowest BCUT2D eigenvalue weighted by atomic mass is 9.90. The van der Waals surface area contributed by atoms with E-state index in [1.165, 1.54) is 12.7 Å². The first kappa shape index (κ1) is 20.0. The Bertz CT molecular complexity index is 850. The number of morpholine rings is 1. The average molecular weight is 382 g/mol.